The summed E-state index contributed by atoms with van der Waals surface area (Å²) >= 11 is 0. The second-order valence-electron chi connectivity index (χ2n) is 5.19. The van der Waals surface area contributed by atoms with E-state index in [1.807, 2.05) is 12.3 Å². The van der Waals surface area contributed by atoms with Gasteiger partial charge in [0.15, 0.2) is 0 Å². The van der Waals surface area contributed by atoms with Crippen LogP contribution in [0.4, 0.5) is 0 Å². The van der Waals surface area contributed by atoms with Gasteiger partial charge in [-0.25, -0.2) is 4.98 Å². The number of aromatic amines is 1. The quantitative estimate of drug-likeness (QED) is 0.718. The van der Waals surface area contributed by atoms with Crippen LogP contribution in [-0.4, -0.2) is 29.7 Å². The van der Waals surface area contributed by atoms with Crippen molar-refractivity contribution in [3.05, 3.63) is 30.1 Å². The van der Waals surface area contributed by atoms with Crippen LogP contribution in [0.5, 0.6) is 0 Å². The molecule has 0 aliphatic carbocycles. The molecule has 0 amide bonds. The normalized spacial score (nSPS) is 11.5. The van der Waals surface area contributed by atoms with Crippen LogP contribution in [0.2, 0.25) is 0 Å². The topological polar surface area (TPSA) is 49.9 Å². The first-order valence-electron chi connectivity index (χ1n) is 6.97. The number of hydrogen-bond acceptors (Lipinski definition) is 3. The second kappa shape index (κ2) is 7.26. The van der Waals surface area contributed by atoms with Gasteiger partial charge in [0.25, 0.3) is 0 Å². The van der Waals surface area contributed by atoms with E-state index in [0.717, 1.165) is 38.4 Å². The third-order valence-corrected chi connectivity index (χ3v) is 3.11. The molecule has 0 radical (unpaired) electrons. The van der Waals surface area contributed by atoms with Crippen LogP contribution < -0.4 is 5.32 Å². The molecule has 0 saturated heterocycles. The molecule has 2 heterocycles. The maximum Gasteiger partial charge on any atom is 0.137 e. The average Bonchev–Trinajstić information content (AvgIpc) is 2.81. The number of hydrogen-bond donors (Lipinski definition) is 2. The molecule has 0 aliphatic heterocycles. The second-order valence-corrected chi connectivity index (χ2v) is 5.19. The van der Waals surface area contributed by atoms with Gasteiger partial charge >= 0.3 is 0 Å². The number of rotatable bonds is 8. The molecule has 4 nitrogen and oxygen atoms in total. The summed E-state index contributed by atoms with van der Waals surface area (Å²) < 4.78 is 5.57. The fourth-order valence-electron chi connectivity index (χ4n) is 1.95. The fraction of sp³-hybridized carbons (Fsp3) is 0.533. The van der Waals surface area contributed by atoms with Crippen LogP contribution in [0.3, 0.4) is 0 Å². The molecule has 0 aromatic carbocycles. The van der Waals surface area contributed by atoms with Crippen LogP contribution in [0.15, 0.2) is 24.5 Å². The Hall–Kier alpha value is -1.39. The number of nitrogens with one attached hydrogen (secondary N) is 2. The third-order valence-electron chi connectivity index (χ3n) is 3.11. The number of ether oxygens (including phenoxy) is 1. The molecule has 2 rings (SSSR count). The van der Waals surface area contributed by atoms with Crippen molar-refractivity contribution < 1.29 is 4.74 Å². The van der Waals surface area contributed by atoms with Crippen LogP contribution in [-0.2, 0) is 11.3 Å². The highest BCUT2D eigenvalue weighted by Gasteiger charge is 2.02. The van der Waals surface area contributed by atoms with Crippen LogP contribution in [0, 0.1) is 5.92 Å². The van der Waals surface area contributed by atoms with E-state index in [1.165, 1.54) is 10.9 Å². The number of H-pyrrole nitrogens is 1. The van der Waals surface area contributed by atoms with Gasteiger partial charge in [-0.2, -0.15) is 0 Å². The van der Waals surface area contributed by atoms with Gasteiger partial charge in [0, 0.05) is 37.5 Å². The van der Waals surface area contributed by atoms with Gasteiger partial charge in [-0.05, 0) is 30.0 Å². The van der Waals surface area contributed by atoms with E-state index in [1.54, 1.807) is 6.20 Å². The smallest absolute Gasteiger partial charge is 0.137 e. The first-order chi connectivity index (χ1) is 9.27. The molecule has 0 atom stereocenters. The molecule has 0 fully saturated rings. The van der Waals surface area contributed by atoms with Crippen LogP contribution in [0.1, 0.15) is 25.8 Å². The van der Waals surface area contributed by atoms with Gasteiger partial charge in [0.1, 0.15) is 5.65 Å². The Morgan fingerprint density at radius 3 is 3.11 bits per heavy atom. The molecule has 4 heteroatoms. The van der Waals surface area contributed by atoms with Gasteiger partial charge in [-0.15, -0.1) is 0 Å². The van der Waals surface area contributed by atoms with Crippen molar-refractivity contribution in [2.75, 3.05) is 19.8 Å². The fourth-order valence-corrected chi connectivity index (χ4v) is 1.95. The van der Waals surface area contributed by atoms with Gasteiger partial charge in [0.05, 0.1) is 6.61 Å². The Labute approximate surface area is 114 Å². The molecule has 0 bridgehead atoms. The Balaban J connectivity index is 1.66. The van der Waals surface area contributed by atoms with Gasteiger partial charge in [-0.3, -0.25) is 0 Å². The SMILES string of the molecule is CC(C)CCOCCNCc1c[nH]c2ncccc12. The lowest BCUT2D eigenvalue weighted by Crippen LogP contribution is -2.19. The zero-order valence-electron chi connectivity index (χ0n) is 11.8. The number of pyridine rings is 1. The molecular weight excluding hydrogens is 238 g/mol. The van der Waals surface area contributed by atoms with Gasteiger partial charge in [-0.1, -0.05) is 13.8 Å². The Morgan fingerprint density at radius 2 is 2.26 bits per heavy atom. The highest BCUT2D eigenvalue weighted by atomic mass is 16.5. The van der Waals surface area contributed by atoms with Crippen molar-refractivity contribution >= 4 is 11.0 Å². The van der Waals surface area contributed by atoms with E-state index in [2.05, 4.69) is 35.2 Å². The lowest BCUT2D eigenvalue weighted by molar-refractivity contribution is 0.125. The summed E-state index contributed by atoms with van der Waals surface area (Å²) in [5, 5.41) is 4.59. The van der Waals surface area contributed by atoms with E-state index in [0.29, 0.717) is 5.92 Å². The maximum atomic E-state index is 5.57. The number of fused-ring (bicyclic) bond motifs is 1. The summed E-state index contributed by atoms with van der Waals surface area (Å²) in [6, 6.07) is 4.06. The van der Waals surface area contributed by atoms with E-state index in [-0.39, 0.29) is 0 Å². The summed E-state index contributed by atoms with van der Waals surface area (Å²) in [7, 11) is 0. The van der Waals surface area contributed by atoms with Gasteiger partial charge in [0.2, 0.25) is 0 Å². The average molecular weight is 261 g/mol. The molecule has 19 heavy (non-hydrogen) atoms. The molecule has 0 unspecified atom stereocenters. The van der Waals surface area contributed by atoms with Crippen molar-refractivity contribution in [3.63, 3.8) is 0 Å². The monoisotopic (exact) mass is 261 g/mol. The molecule has 2 N–H and O–H groups in total. The van der Waals surface area contributed by atoms with E-state index in [4.69, 9.17) is 4.74 Å². The number of nitrogens with zero attached hydrogens (tertiary/aromatic N) is 1. The molecule has 0 spiro atoms. The molecular formula is C15H23N3O. The molecule has 2 aromatic rings. The van der Waals surface area contributed by atoms with Crippen LogP contribution in [0.25, 0.3) is 11.0 Å². The lowest BCUT2D eigenvalue weighted by Gasteiger charge is -2.07. The van der Waals surface area contributed by atoms with Gasteiger partial charge < -0.3 is 15.0 Å². The summed E-state index contributed by atoms with van der Waals surface area (Å²) in [5.74, 6) is 0.715. The minimum absolute atomic E-state index is 0.715. The third kappa shape index (κ3) is 4.33. The van der Waals surface area contributed by atoms with E-state index >= 15 is 0 Å². The first kappa shape index (κ1) is 14.0. The predicted octanol–water partition coefficient (Wildman–Crippen LogP) is 2.72. The summed E-state index contributed by atoms with van der Waals surface area (Å²) in [5.41, 5.74) is 2.21. The largest absolute Gasteiger partial charge is 0.380 e. The molecule has 0 saturated carbocycles. The highest BCUT2D eigenvalue weighted by molar-refractivity contribution is 5.79. The molecule has 0 aliphatic rings. The Kier molecular flexibility index (Phi) is 5.36. The predicted molar refractivity (Wildman–Crippen MR) is 78.1 cm³/mol. The van der Waals surface area contributed by atoms with Crippen molar-refractivity contribution in [1.82, 2.24) is 15.3 Å². The Bertz CT molecular complexity index is 493. The van der Waals surface area contributed by atoms with Crippen molar-refractivity contribution in [1.29, 1.82) is 0 Å². The van der Waals surface area contributed by atoms with Crippen LogP contribution >= 0.6 is 0 Å². The number of aromatic nitrogens is 2. The summed E-state index contributed by atoms with van der Waals surface area (Å²) in [6.45, 7) is 7.78. The minimum atomic E-state index is 0.715. The standard InChI is InChI=1S/C15H23N3O/c1-12(2)5-8-19-9-7-16-10-13-11-18-15-14(13)4-3-6-17-15/h3-4,6,11-12,16H,5,7-10H2,1-2H3,(H,17,18). The highest BCUT2D eigenvalue weighted by Crippen LogP contribution is 2.14. The maximum absolute atomic E-state index is 5.57. The van der Waals surface area contributed by atoms with Crippen molar-refractivity contribution in [2.45, 2.75) is 26.8 Å². The van der Waals surface area contributed by atoms with E-state index in [9.17, 15) is 0 Å². The van der Waals surface area contributed by atoms with Crippen molar-refractivity contribution in [3.8, 4) is 0 Å². The lowest BCUT2D eigenvalue weighted by atomic mass is 10.1. The Morgan fingerprint density at radius 1 is 1.37 bits per heavy atom. The summed E-state index contributed by atoms with van der Waals surface area (Å²) in [4.78, 5) is 7.46. The zero-order chi connectivity index (χ0) is 13.5. The van der Waals surface area contributed by atoms with Crippen molar-refractivity contribution in [2.24, 2.45) is 5.92 Å². The zero-order valence-corrected chi connectivity index (χ0v) is 11.8. The molecule has 104 valence electrons. The minimum Gasteiger partial charge on any atom is -0.380 e. The van der Waals surface area contributed by atoms with E-state index < -0.39 is 0 Å². The molecule has 2 aromatic heterocycles. The summed E-state index contributed by atoms with van der Waals surface area (Å²) in [6.07, 6.45) is 4.96. The first-order valence-corrected chi connectivity index (χ1v) is 6.97.